The molecule has 0 bridgehead atoms. The Morgan fingerprint density at radius 1 is 1.26 bits per heavy atom. The molecule has 7 heteroatoms. The van der Waals surface area contributed by atoms with Crippen LogP contribution in [0.4, 0.5) is 0 Å². The minimum Gasteiger partial charge on any atom is -0.619 e. The summed E-state index contributed by atoms with van der Waals surface area (Å²) in [5, 5.41) is 14.2. The van der Waals surface area contributed by atoms with Gasteiger partial charge in [-0.15, -0.1) is 0 Å². The summed E-state index contributed by atoms with van der Waals surface area (Å²) in [4.78, 5) is 23.9. The number of hydrogen-bond donors (Lipinski definition) is 1. The largest absolute Gasteiger partial charge is 0.619 e. The van der Waals surface area contributed by atoms with Crippen LogP contribution in [-0.2, 0) is 9.53 Å². The average molecular weight is 335 g/mol. The second kappa shape index (κ2) is 7.60. The van der Waals surface area contributed by atoms with Gasteiger partial charge in [-0.3, -0.25) is 9.59 Å². The van der Waals surface area contributed by atoms with Crippen LogP contribution in [0, 0.1) is 5.21 Å². The molecule has 2 aromatic rings. The van der Waals surface area contributed by atoms with Gasteiger partial charge in [0.1, 0.15) is 0 Å². The molecule has 23 heavy (non-hydrogen) atoms. The Balaban J connectivity index is 2.24. The van der Waals surface area contributed by atoms with Crippen LogP contribution in [0.3, 0.4) is 0 Å². The highest BCUT2D eigenvalue weighted by atomic mass is 35.5. The molecule has 0 saturated heterocycles. The van der Waals surface area contributed by atoms with Gasteiger partial charge >= 0.3 is 5.97 Å². The highest BCUT2D eigenvalue weighted by Crippen LogP contribution is 2.25. The number of nitrogens with zero attached hydrogens (tertiary/aromatic N) is 1. The predicted molar refractivity (Wildman–Crippen MR) is 83.7 cm³/mol. The van der Waals surface area contributed by atoms with Crippen LogP contribution in [-0.4, -0.2) is 19.0 Å². The smallest absolute Gasteiger partial charge is 0.307 e. The third kappa shape index (κ3) is 4.43. The van der Waals surface area contributed by atoms with Crippen LogP contribution < -0.4 is 10.0 Å². The Kier molecular flexibility index (Phi) is 5.54. The highest BCUT2D eigenvalue weighted by Gasteiger charge is 2.21. The molecule has 1 atom stereocenters. The number of aromatic nitrogens is 1. The number of hydrogen-bond acceptors (Lipinski definition) is 4. The molecule has 1 N–H and O–H groups in total. The summed E-state index contributed by atoms with van der Waals surface area (Å²) in [6, 6.07) is 9.08. The van der Waals surface area contributed by atoms with Crippen molar-refractivity contribution in [2.45, 2.75) is 12.5 Å². The lowest BCUT2D eigenvalue weighted by atomic mass is 10.0. The summed E-state index contributed by atoms with van der Waals surface area (Å²) < 4.78 is 5.25. The maximum absolute atomic E-state index is 12.3. The van der Waals surface area contributed by atoms with Crippen LogP contribution in [0.5, 0.6) is 0 Å². The molecule has 6 nitrogen and oxygen atoms in total. The zero-order valence-electron chi connectivity index (χ0n) is 12.4. The van der Waals surface area contributed by atoms with Gasteiger partial charge in [0, 0.05) is 17.2 Å². The maximum atomic E-state index is 12.3. The first-order chi connectivity index (χ1) is 11.0. The second-order valence-electron chi connectivity index (χ2n) is 4.77. The fourth-order valence-corrected chi connectivity index (χ4v) is 2.32. The Bertz CT molecular complexity index is 703. The van der Waals surface area contributed by atoms with Crippen molar-refractivity contribution >= 4 is 23.5 Å². The van der Waals surface area contributed by atoms with E-state index in [9.17, 15) is 14.8 Å². The molecule has 120 valence electrons. The van der Waals surface area contributed by atoms with Crippen molar-refractivity contribution in [2.75, 3.05) is 7.11 Å². The zero-order valence-corrected chi connectivity index (χ0v) is 13.1. The lowest BCUT2D eigenvalue weighted by Crippen LogP contribution is -2.32. The third-order valence-corrected chi connectivity index (χ3v) is 3.59. The van der Waals surface area contributed by atoms with Crippen LogP contribution in [0.1, 0.15) is 28.4 Å². The van der Waals surface area contributed by atoms with Gasteiger partial charge in [-0.25, -0.2) is 0 Å². The van der Waals surface area contributed by atoms with Gasteiger partial charge in [0.05, 0.1) is 25.1 Å². The van der Waals surface area contributed by atoms with E-state index in [2.05, 4.69) is 10.1 Å². The summed E-state index contributed by atoms with van der Waals surface area (Å²) in [6.45, 7) is 0. The van der Waals surface area contributed by atoms with Gasteiger partial charge in [0.2, 0.25) is 0 Å². The predicted octanol–water partition coefficient (Wildman–Crippen LogP) is 2.01. The third-order valence-electron chi connectivity index (χ3n) is 3.25. The maximum Gasteiger partial charge on any atom is 0.307 e. The lowest BCUT2D eigenvalue weighted by molar-refractivity contribution is -0.605. The topological polar surface area (TPSA) is 82.3 Å². The highest BCUT2D eigenvalue weighted by molar-refractivity contribution is 6.31. The number of nitrogens with one attached hydrogen (secondary N) is 1. The number of carbonyl (C=O) groups is 2. The molecule has 0 spiro atoms. The first-order valence-electron chi connectivity index (χ1n) is 6.82. The number of benzene rings is 1. The van der Waals surface area contributed by atoms with E-state index in [-0.39, 0.29) is 6.42 Å². The number of carbonyl (C=O) groups excluding carboxylic acids is 2. The van der Waals surface area contributed by atoms with Crippen LogP contribution >= 0.6 is 11.6 Å². The standard InChI is InChI=1S/C16H15ClN2O4/c1-23-15(20)10-14(12-4-2-3-5-13(12)17)18-16(21)11-6-8-19(22)9-7-11/h2-9,14H,10H2,1H3,(H,18,21). The van der Waals surface area contributed by atoms with Gasteiger partial charge in [-0.1, -0.05) is 29.8 Å². The van der Waals surface area contributed by atoms with E-state index in [0.29, 0.717) is 20.9 Å². The number of rotatable bonds is 5. The van der Waals surface area contributed by atoms with E-state index in [4.69, 9.17) is 11.6 Å². The van der Waals surface area contributed by atoms with Crippen LogP contribution in [0.15, 0.2) is 48.8 Å². The average Bonchev–Trinajstić information content (AvgIpc) is 2.55. The Hall–Kier alpha value is -2.60. The molecule has 1 unspecified atom stereocenters. The van der Waals surface area contributed by atoms with Gasteiger partial charge in [0.15, 0.2) is 12.4 Å². The van der Waals surface area contributed by atoms with Crippen molar-refractivity contribution in [1.82, 2.24) is 5.32 Å². The number of pyridine rings is 1. The Morgan fingerprint density at radius 2 is 1.91 bits per heavy atom. The molecule has 0 fully saturated rings. The van der Waals surface area contributed by atoms with Crippen molar-refractivity contribution in [2.24, 2.45) is 0 Å². The Labute approximate surface area is 138 Å². The number of esters is 1. The van der Waals surface area contributed by atoms with Crippen molar-refractivity contribution in [1.29, 1.82) is 0 Å². The van der Waals surface area contributed by atoms with Crippen molar-refractivity contribution in [3.8, 4) is 0 Å². The molecule has 0 aliphatic rings. The SMILES string of the molecule is COC(=O)CC(NC(=O)c1cc[n+]([O-])cc1)c1ccccc1Cl. The monoisotopic (exact) mass is 334 g/mol. The van der Waals surface area contributed by atoms with E-state index < -0.39 is 17.9 Å². The number of amides is 1. The summed E-state index contributed by atoms with van der Waals surface area (Å²) in [7, 11) is 1.28. The first-order valence-corrected chi connectivity index (χ1v) is 7.20. The second-order valence-corrected chi connectivity index (χ2v) is 5.18. The fourth-order valence-electron chi connectivity index (χ4n) is 2.05. The molecule has 1 amide bonds. The lowest BCUT2D eigenvalue weighted by Gasteiger charge is -2.19. The Morgan fingerprint density at radius 3 is 2.52 bits per heavy atom. The van der Waals surface area contributed by atoms with E-state index in [0.717, 1.165) is 0 Å². The minimum atomic E-state index is -0.636. The number of ether oxygens (including phenoxy) is 1. The van der Waals surface area contributed by atoms with E-state index in [1.165, 1.54) is 31.6 Å². The molecule has 0 radical (unpaired) electrons. The molecule has 1 heterocycles. The van der Waals surface area contributed by atoms with Gasteiger partial charge in [-0.2, -0.15) is 4.73 Å². The van der Waals surface area contributed by atoms with Crippen molar-refractivity contribution in [3.05, 3.63) is 70.1 Å². The minimum absolute atomic E-state index is 0.0552. The fraction of sp³-hybridized carbons (Fsp3) is 0.188. The van der Waals surface area contributed by atoms with Gasteiger partial charge < -0.3 is 15.3 Å². The summed E-state index contributed by atoms with van der Waals surface area (Å²) in [6.07, 6.45) is 2.39. The molecule has 1 aromatic carbocycles. The number of methoxy groups -OCH3 is 1. The summed E-state index contributed by atoms with van der Waals surface area (Å²) in [5.74, 6) is -0.889. The quantitative estimate of drug-likeness (QED) is 0.515. The number of halogens is 1. The van der Waals surface area contributed by atoms with Crippen molar-refractivity contribution < 1.29 is 19.1 Å². The van der Waals surface area contributed by atoms with Crippen molar-refractivity contribution in [3.63, 3.8) is 0 Å². The first kappa shape index (κ1) is 16.8. The van der Waals surface area contributed by atoms with E-state index in [1.54, 1.807) is 24.3 Å². The zero-order chi connectivity index (χ0) is 16.8. The molecule has 0 aliphatic heterocycles. The molecule has 0 saturated carbocycles. The van der Waals surface area contributed by atoms with Crippen LogP contribution in [0.25, 0.3) is 0 Å². The van der Waals surface area contributed by atoms with Gasteiger partial charge in [-0.05, 0) is 11.6 Å². The molecular weight excluding hydrogens is 320 g/mol. The summed E-state index contributed by atoms with van der Waals surface area (Å²) in [5.41, 5.74) is 0.918. The molecular formula is C16H15ClN2O4. The van der Waals surface area contributed by atoms with Crippen LogP contribution in [0.2, 0.25) is 5.02 Å². The van der Waals surface area contributed by atoms with E-state index in [1.807, 2.05) is 0 Å². The molecule has 1 aromatic heterocycles. The van der Waals surface area contributed by atoms with Gasteiger partial charge in [0.25, 0.3) is 5.91 Å². The summed E-state index contributed by atoms with van der Waals surface area (Å²) >= 11 is 6.15. The normalized spacial score (nSPS) is 11.6. The van der Waals surface area contributed by atoms with E-state index >= 15 is 0 Å². The molecule has 0 aliphatic carbocycles. The molecule has 2 rings (SSSR count).